The molecule has 19 heavy (non-hydrogen) atoms. The third kappa shape index (κ3) is 3.91. The van der Waals surface area contributed by atoms with Gasteiger partial charge in [0.15, 0.2) is 0 Å². The van der Waals surface area contributed by atoms with Crippen LogP contribution in [0.3, 0.4) is 0 Å². The Balaban J connectivity index is 1.93. The molecule has 0 bridgehead atoms. The van der Waals surface area contributed by atoms with E-state index in [1.54, 1.807) is 6.20 Å². The van der Waals surface area contributed by atoms with E-state index in [1.165, 1.54) is 5.56 Å². The van der Waals surface area contributed by atoms with E-state index in [1.807, 2.05) is 30.5 Å². The Hall–Kier alpha value is -1.65. The predicted molar refractivity (Wildman–Crippen MR) is 83.8 cm³/mol. The van der Waals surface area contributed by atoms with Crippen molar-refractivity contribution in [2.45, 2.75) is 6.42 Å². The molecule has 0 spiro atoms. The Morgan fingerprint density at radius 2 is 2.21 bits per heavy atom. The Morgan fingerprint density at radius 1 is 1.37 bits per heavy atom. The molecule has 0 radical (unpaired) electrons. The van der Waals surface area contributed by atoms with Crippen LogP contribution in [-0.4, -0.2) is 16.5 Å². The molecule has 1 heterocycles. The van der Waals surface area contributed by atoms with Gasteiger partial charge in [-0.15, -0.1) is 0 Å². The first-order valence-corrected chi connectivity index (χ1v) is 6.67. The van der Waals surface area contributed by atoms with Gasteiger partial charge in [-0.3, -0.25) is 4.98 Å². The topological polar surface area (TPSA) is 50.9 Å². The number of benzene rings is 1. The Morgan fingerprint density at radius 3 is 2.84 bits per heavy atom. The first-order chi connectivity index (χ1) is 9.16. The highest BCUT2D eigenvalue weighted by Crippen LogP contribution is 2.20. The van der Waals surface area contributed by atoms with Crippen LogP contribution in [0.4, 0.5) is 5.69 Å². The van der Waals surface area contributed by atoms with Gasteiger partial charge in [-0.1, -0.05) is 29.9 Å². The maximum absolute atomic E-state index is 6.10. The largest absolute Gasteiger partial charge is 0.389 e. The fourth-order valence-electron chi connectivity index (χ4n) is 1.72. The standard InChI is InChI=1S/C14H14ClN3S/c15-13-8-11(3-4-12(13)14(16)19)18-7-5-10-2-1-6-17-9-10/h1-4,6,8-9,18H,5,7H2,(H2,16,19). The average Bonchev–Trinajstić information content (AvgIpc) is 2.39. The third-order valence-corrected chi connectivity index (χ3v) is 3.23. The molecule has 0 aliphatic rings. The fraction of sp³-hybridized carbons (Fsp3) is 0.143. The summed E-state index contributed by atoms with van der Waals surface area (Å²) >= 11 is 11.0. The molecule has 1 aromatic carbocycles. The van der Waals surface area contributed by atoms with E-state index in [2.05, 4.69) is 16.4 Å². The number of halogens is 1. The van der Waals surface area contributed by atoms with Gasteiger partial charge in [0.1, 0.15) is 4.99 Å². The second-order valence-corrected chi connectivity index (χ2v) is 4.94. The molecule has 98 valence electrons. The van der Waals surface area contributed by atoms with Crippen LogP contribution in [0.1, 0.15) is 11.1 Å². The van der Waals surface area contributed by atoms with Crippen LogP contribution in [-0.2, 0) is 6.42 Å². The van der Waals surface area contributed by atoms with Gasteiger partial charge in [0.05, 0.1) is 5.02 Å². The third-order valence-electron chi connectivity index (χ3n) is 2.70. The summed E-state index contributed by atoms with van der Waals surface area (Å²) in [7, 11) is 0. The van der Waals surface area contributed by atoms with Crippen molar-refractivity contribution >= 4 is 34.5 Å². The predicted octanol–water partition coefficient (Wildman–Crippen LogP) is 3.02. The van der Waals surface area contributed by atoms with E-state index in [0.717, 1.165) is 18.7 Å². The number of nitrogens with one attached hydrogen (secondary N) is 1. The highest BCUT2D eigenvalue weighted by atomic mass is 35.5. The minimum atomic E-state index is 0.312. The molecular weight excluding hydrogens is 278 g/mol. The maximum atomic E-state index is 6.10. The van der Waals surface area contributed by atoms with Crippen molar-refractivity contribution in [3.05, 3.63) is 58.9 Å². The van der Waals surface area contributed by atoms with Crippen LogP contribution < -0.4 is 11.1 Å². The summed E-state index contributed by atoms with van der Waals surface area (Å²) in [4.78, 5) is 4.39. The van der Waals surface area contributed by atoms with Crippen LogP contribution in [0.5, 0.6) is 0 Å². The van der Waals surface area contributed by atoms with Crippen LogP contribution in [0.25, 0.3) is 0 Å². The van der Waals surface area contributed by atoms with Crippen molar-refractivity contribution in [2.24, 2.45) is 5.73 Å². The zero-order chi connectivity index (χ0) is 13.7. The molecule has 2 rings (SSSR count). The molecule has 0 aliphatic carbocycles. The minimum absolute atomic E-state index is 0.312. The lowest BCUT2D eigenvalue weighted by atomic mass is 10.2. The molecule has 1 aromatic heterocycles. The fourth-order valence-corrected chi connectivity index (χ4v) is 2.24. The van der Waals surface area contributed by atoms with Crippen molar-refractivity contribution in [2.75, 3.05) is 11.9 Å². The number of hydrogen-bond donors (Lipinski definition) is 2. The number of thiocarbonyl (C=S) groups is 1. The second-order valence-electron chi connectivity index (χ2n) is 4.10. The molecule has 3 nitrogen and oxygen atoms in total. The first kappa shape index (κ1) is 13.8. The Bertz CT molecular complexity index is 572. The summed E-state index contributed by atoms with van der Waals surface area (Å²) < 4.78 is 0. The minimum Gasteiger partial charge on any atom is -0.389 e. The molecule has 5 heteroatoms. The van der Waals surface area contributed by atoms with Crippen molar-refractivity contribution in [1.82, 2.24) is 4.98 Å². The lowest BCUT2D eigenvalue weighted by Gasteiger charge is -2.09. The molecule has 0 unspecified atom stereocenters. The summed E-state index contributed by atoms with van der Waals surface area (Å²) in [5, 5.41) is 3.87. The molecule has 3 N–H and O–H groups in total. The molecule has 0 saturated heterocycles. The molecule has 2 aromatic rings. The zero-order valence-electron chi connectivity index (χ0n) is 10.3. The number of rotatable bonds is 5. The monoisotopic (exact) mass is 291 g/mol. The van der Waals surface area contributed by atoms with Crippen molar-refractivity contribution < 1.29 is 0 Å². The number of nitrogens with two attached hydrogens (primary N) is 1. The Kier molecular flexibility index (Phi) is 4.71. The number of nitrogens with zero attached hydrogens (tertiary/aromatic N) is 1. The average molecular weight is 292 g/mol. The van der Waals surface area contributed by atoms with E-state index in [0.29, 0.717) is 15.6 Å². The molecule has 0 aliphatic heterocycles. The van der Waals surface area contributed by atoms with Crippen LogP contribution in [0.15, 0.2) is 42.7 Å². The van der Waals surface area contributed by atoms with Crippen molar-refractivity contribution in [3.63, 3.8) is 0 Å². The molecule has 0 atom stereocenters. The highest BCUT2D eigenvalue weighted by molar-refractivity contribution is 7.80. The SMILES string of the molecule is NC(=S)c1ccc(NCCc2cccnc2)cc1Cl. The molecular formula is C14H14ClN3S. The maximum Gasteiger partial charge on any atom is 0.105 e. The van der Waals surface area contributed by atoms with Crippen LogP contribution >= 0.6 is 23.8 Å². The summed E-state index contributed by atoms with van der Waals surface area (Å²) in [5.41, 5.74) is 8.41. The van der Waals surface area contributed by atoms with Gasteiger partial charge < -0.3 is 11.1 Å². The van der Waals surface area contributed by atoms with Crippen molar-refractivity contribution in [1.29, 1.82) is 0 Å². The number of anilines is 1. The Labute approximate surface area is 122 Å². The van der Waals surface area contributed by atoms with Gasteiger partial charge in [-0.25, -0.2) is 0 Å². The van der Waals surface area contributed by atoms with E-state index >= 15 is 0 Å². The summed E-state index contributed by atoms with van der Waals surface area (Å²) in [5.74, 6) is 0. The summed E-state index contributed by atoms with van der Waals surface area (Å²) in [6, 6.07) is 9.57. The molecule has 0 saturated carbocycles. The molecule has 0 amide bonds. The second kappa shape index (κ2) is 6.50. The van der Waals surface area contributed by atoms with Gasteiger partial charge >= 0.3 is 0 Å². The zero-order valence-corrected chi connectivity index (χ0v) is 11.8. The summed E-state index contributed by atoms with van der Waals surface area (Å²) in [6.07, 6.45) is 4.54. The van der Waals surface area contributed by atoms with E-state index in [4.69, 9.17) is 29.6 Å². The van der Waals surface area contributed by atoms with Gasteiger partial charge in [-0.2, -0.15) is 0 Å². The summed E-state index contributed by atoms with van der Waals surface area (Å²) in [6.45, 7) is 0.814. The molecule has 0 fully saturated rings. The van der Waals surface area contributed by atoms with Crippen molar-refractivity contribution in [3.8, 4) is 0 Å². The normalized spacial score (nSPS) is 10.2. The van der Waals surface area contributed by atoms with Gasteiger partial charge in [0.2, 0.25) is 0 Å². The van der Waals surface area contributed by atoms with Gasteiger partial charge in [0.25, 0.3) is 0 Å². The first-order valence-electron chi connectivity index (χ1n) is 5.89. The van der Waals surface area contributed by atoms with Crippen LogP contribution in [0.2, 0.25) is 5.02 Å². The van der Waals surface area contributed by atoms with Crippen LogP contribution in [0, 0.1) is 0 Å². The smallest absolute Gasteiger partial charge is 0.105 e. The number of aromatic nitrogens is 1. The van der Waals surface area contributed by atoms with E-state index in [-0.39, 0.29) is 0 Å². The lowest BCUT2D eigenvalue weighted by Crippen LogP contribution is -2.10. The number of pyridine rings is 1. The number of hydrogen-bond acceptors (Lipinski definition) is 3. The quantitative estimate of drug-likeness (QED) is 0.832. The highest BCUT2D eigenvalue weighted by Gasteiger charge is 2.04. The van der Waals surface area contributed by atoms with Gasteiger partial charge in [-0.05, 0) is 36.2 Å². The van der Waals surface area contributed by atoms with Gasteiger partial charge in [0, 0.05) is 30.2 Å². The van der Waals surface area contributed by atoms with E-state index in [9.17, 15) is 0 Å². The lowest BCUT2D eigenvalue weighted by molar-refractivity contribution is 1.01. The van der Waals surface area contributed by atoms with E-state index < -0.39 is 0 Å².